The van der Waals surface area contributed by atoms with E-state index in [4.69, 9.17) is 0 Å². The van der Waals surface area contributed by atoms with Gasteiger partial charge in [0.1, 0.15) is 10.7 Å². The lowest BCUT2D eigenvalue weighted by atomic mass is 10.0. The van der Waals surface area contributed by atoms with Gasteiger partial charge in [0.25, 0.3) is 5.91 Å². The number of aryl methyl sites for hydroxylation is 2. The second kappa shape index (κ2) is 8.47. The Hall–Kier alpha value is -2.51. The molecular weight excluding hydrogens is 382 g/mol. The van der Waals surface area contributed by atoms with Gasteiger partial charge in [-0.05, 0) is 32.3 Å². The molecule has 1 amide bonds. The molecule has 0 aliphatic carbocycles. The van der Waals surface area contributed by atoms with E-state index >= 15 is 0 Å². The minimum atomic E-state index is -0.0757. The highest BCUT2D eigenvalue weighted by atomic mass is 32.1. The van der Waals surface area contributed by atoms with Crippen LogP contribution < -0.4 is 5.32 Å². The van der Waals surface area contributed by atoms with Crippen molar-refractivity contribution >= 4 is 17.2 Å². The summed E-state index contributed by atoms with van der Waals surface area (Å²) in [6.45, 7) is 6.97. The van der Waals surface area contributed by atoms with Gasteiger partial charge in [-0.1, -0.05) is 30.3 Å². The molecule has 1 saturated heterocycles. The number of amides is 1. The summed E-state index contributed by atoms with van der Waals surface area (Å²) in [5.41, 5.74) is 4.88. The van der Waals surface area contributed by atoms with Crippen molar-refractivity contribution in [3.63, 3.8) is 0 Å². The number of nitrogens with one attached hydrogen (secondary N) is 1. The Kier molecular flexibility index (Phi) is 5.78. The van der Waals surface area contributed by atoms with Gasteiger partial charge in [0.05, 0.1) is 11.3 Å². The molecule has 1 aliphatic heterocycles. The molecule has 0 bridgehead atoms. The highest BCUT2D eigenvalue weighted by Gasteiger charge is 2.23. The van der Waals surface area contributed by atoms with Crippen molar-refractivity contribution in [1.29, 1.82) is 0 Å². The smallest absolute Gasteiger partial charge is 0.270 e. The number of rotatable bonds is 5. The average molecular weight is 410 g/mol. The maximum absolute atomic E-state index is 12.7. The van der Waals surface area contributed by atoms with Crippen LogP contribution in [0.1, 0.15) is 40.3 Å². The summed E-state index contributed by atoms with van der Waals surface area (Å²) in [5.74, 6) is -0.0757. The van der Waals surface area contributed by atoms with Crippen molar-refractivity contribution in [1.82, 2.24) is 25.0 Å². The van der Waals surface area contributed by atoms with E-state index in [1.54, 1.807) is 0 Å². The molecule has 0 spiro atoms. The number of nitrogens with zero attached hydrogens (tertiary/aromatic N) is 4. The van der Waals surface area contributed by atoms with Gasteiger partial charge in [0, 0.05) is 43.8 Å². The fraction of sp³-hybridized carbons (Fsp3) is 0.409. The van der Waals surface area contributed by atoms with Crippen LogP contribution >= 0.6 is 11.3 Å². The lowest BCUT2D eigenvalue weighted by Gasteiger charge is -2.32. The molecule has 29 heavy (non-hydrogen) atoms. The van der Waals surface area contributed by atoms with Crippen LogP contribution in [0.4, 0.5) is 0 Å². The zero-order valence-electron chi connectivity index (χ0n) is 17.2. The maximum Gasteiger partial charge on any atom is 0.270 e. The fourth-order valence-electron chi connectivity index (χ4n) is 3.91. The van der Waals surface area contributed by atoms with Crippen LogP contribution in [-0.2, 0) is 13.6 Å². The Balaban J connectivity index is 1.33. The molecule has 2 aromatic heterocycles. The molecule has 4 rings (SSSR count). The number of carbonyl (C=O) groups excluding carboxylic acids is 1. The summed E-state index contributed by atoms with van der Waals surface area (Å²) in [6.07, 6.45) is 1.94. The Labute approximate surface area is 175 Å². The van der Waals surface area contributed by atoms with Crippen molar-refractivity contribution < 1.29 is 4.79 Å². The number of hydrogen-bond donors (Lipinski definition) is 1. The Morgan fingerprint density at radius 1 is 1.21 bits per heavy atom. The summed E-state index contributed by atoms with van der Waals surface area (Å²) < 4.78 is 1.86. The van der Waals surface area contributed by atoms with Crippen molar-refractivity contribution in [2.45, 2.75) is 39.3 Å². The molecule has 0 saturated carbocycles. The van der Waals surface area contributed by atoms with E-state index in [1.165, 1.54) is 16.9 Å². The first-order valence-corrected chi connectivity index (χ1v) is 10.9. The van der Waals surface area contributed by atoms with Crippen molar-refractivity contribution in [3.8, 4) is 10.6 Å². The molecule has 1 N–H and O–H groups in total. The van der Waals surface area contributed by atoms with Crippen molar-refractivity contribution in [2.24, 2.45) is 7.05 Å². The zero-order valence-corrected chi connectivity index (χ0v) is 18.0. The lowest BCUT2D eigenvalue weighted by Crippen LogP contribution is -2.44. The van der Waals surface area contributed by atoms with Gasteiger partial charge in [-0.3, -0.25) is 14.4 Å². The molecular formula is C22H27N5OS. The van der Waals surface area contributed by atoms with E-state index in [2.05, 4.69) is 44.6 Å². The minimum Gasteiger partial charge on any atom is -0.348 e. The van der Waals surface area contributed by atoms with Crippen LogP contribution in [0.25, 0.3) is 10.6 Å². The Morgan fingerprint density at radius 3 is 2.59 bits per heavy atom. The summed E-state index contributed by atoms with van der Waals surface area (Å²) >= 11 is 1.50. The molecule has 6 nitrogen and oxygen atoms in total. The van der Waals surface area contributed by atoms with Crippen molar-refractivity contribution in [2.75, 3.05) is 13.1 Å². The van der Waals surface area contributed by atoms with Crippen molar-refractivity contribution in [3.05, 3.63) is 58.4 Å². The Bertz CT molecular complexity index is 986. The predicted molar refractivity (Wildman–Crippen MR) is 116 cm³/mol. The summed E-state index contributed by atoms with van der Waals surface area (Å²) in [4.78, 5) is 19.7. The molecule has 7 heteroatoms. The molecule has 0 radical (unpaired) electrons. The van der Waals surface area contributed by atoms with E-state index in [9.17, 15) is 4.79 Å². The first-order valence-electron chi connectivity index (χ1n) is 10.0. The largest absolute Gasteiger partial charge is 0.348 e. The third-order valence-corrected chi connectivity index (χ3v) is 6.49. The lowest BCUT2D eigenvalue weighted by molar-refractivity contribution is 0.0904. The number of thiazole rings is 1. The van der Waals surface area contributed by atoms with Crippen LogP contribution in [0, 0.1) is 13.8 Å². The summed E-state index contributed by atoms with van der Waals surface area (Å²) in [6, 6.07) is 10.8. The normalized spacial score (nSPS) is 15.6. The number of benzene rings is 1. The van der Waals surface area contributed by atoms with E-state index in [0.29, 0.717) is 5.69 Å². The maximum atomic E-state index is 12.7. The highest BCUT2D eigenvalue weighted by Crippen LogP contribution is 2.29. The quantitative estimate of drug-likeness (QED) is 0.700. The number of hydrogen-bond acceptors (Lipinski definition) is 5. The fourth-order valence-corrected chi connectivity index (χ4v) is 4.86. The van der Waals surface area contributed by atoms with Gasteiger partial charge in [-0.25, -0.2) is 4.98 Å². The minimum absolute atomic E-state index is 0.0757. The number of carbonyl (C=O) groups is 1. The molecule has 3 aromatic rings. The number of aromatic nitrogens is 3. The van der Waals surface area contributed by atoms with E-state index < -0.39 is 0 Å². The average Bonchev–Trinajstić information content (AvgIpc) is 3.29. The molecule has 152 valence electrons. The molecule has 1 fully saturated rings. The molecule has 1 aliphatic rings. The van der Waals surface area contributed by atoms with Crippen LogP contribution in [0.3, 0.4) is 0 Å². The summed E-state index contributed by atoms with van der Waals surface area (Å²) in [5, 5.41) is 10.3. The first kappa shape index (κ1) is 19.8. The van der Waals surface area contributed by atoms with Crippen LogP contribution in [0.15, 0.2) is 35.7 Å². The van der Waals surface area contributed by atoms with Crippen LogP contribution in [0.5, 0.6) is 0 Å². The summed E-state index contributed by atoms with van der Waals surface area (Å²) in [7, 11) is 1.93. The predicted octanol–water partition coefficient (Wildman–Crippen LogP) is 3.55. The van der Waals surface area contributed by atoms with Gasteiger partial charge in [-0.15, -0.1) is 11.3 Å². The second-order valence-corrected chi connectivity index (χ2v) is 8.57. The number of piperidine rings is 1. The topological polar surface area (TPSA) is 63.1 Å². The third kappa shape index (κ3) is 4.41. The van der Waals surface area contributed by atoms with Gasteiger partial charge < -0.3 is 5.32 Å². The van der Waals surface area contributed by atoms with Gasteiger partial charge in [0.15, 0.2) is 0 Å². The SMILES string of the molecule is Cc1nn(C)c(C)c1-c1nc(C(=O)NC2CCN(Cc3ccccc3)CC2)cs1. The van der Waals surface area contributed by atoms with E-state index in [1.807, 2.05) is 37.0 Å². The van der Waals surface area contributed by atoms with Crippen LogP contribution in [0.2, 0.25) is 0 Å². The Morgan fingerprint density at radius 2 is 1.93 bits per heavy atom. The van der Waals surface area contributed by atoms with E-state index in [-0.39, 0.29) is 11.9 Å². The second-order valence-electron chi connectivity index (χ2n) is 7.72. The monoisotopic (exact) mass is 409 g/mol. The standard InChI is InChI=1S/C22H27N5OS/c1-15-20(16(2)26(3)25-15)22-24-19(14-29-22)21(28)23-18-9-11-27(12-10-18)13-17-7-5-4-6-8-17/h4-8,14,18H,9-13H2,1-3H3,(H,23,28). The third-order valence-electron chi connectivity index (χ3n) is 5.63. The highest BCUT2D eigenvalue weighted by molar-refractivity contribution is 7.13. The molecule has 0 atom stereocenters. The number of likely N-dealkylation sites (tertiary alicyclic amines) is 1. The van der Waals surface area contributed by atoms with Gasteiger partial charge in [-0.2, -0.15) is 5.10 Å². The van der Waals surface area contributed by atoms with Crippen LogP contribution in [-0.4, -0.2) is 44.7 Å². The molecule has 0 unspecified atom stereocenters. The van der Waals surface area contributed by atoms with E-state index in [0.717, 1.165) is 54.4 Å². The first-order chi connectivity index (χ1) is 14.0. The van der Waals surface area contributed by atoms with Gasteiger partial charge >= 0.3 is 0 Å². The zero-order chi connectivity index (χ0) is 20.4. The molecule has 3 heterocycles. The van der Waals surface area contributed by atoms with Gasteiger partial charge in [0.2, 0.25) is 0 Å². The molecule has 1 aromatic carbocycles.